The summed E-state index contributed by atoms with van der Waals surface area (Å²) in [6.07, 6.45) is 0. The molecule has 0 aliphatic carbocycles. The number of esters is 1. The van der Waals surface area contributed by atoms with Crippen LogP contribution in [0.5, 0.6) is 0 Å². The molecule has 0 saturated heterocycles. The van der Waals surface area contributed by atoms with Gasteiger partial charge in [-0.15, -0.1) is 0 Å². The molecular weight excluding hydrogens is 384 g/mol. The molecule has 0 bridgehead atoms. The lowest BCUT2D eigenvalue weighted by molar-refractivity contribution is -0.904. The van der Waals surface area contributed by atoms with Crippen molar-refractivity contribution in [2.45, 2.75) is 20.4 Å². The Bertz CT molecular complexity index is 1140. The summed E-state index contributed by atoms with van der Waals surface area (Å²) in [4.78, 5) is 44.9. The van der Waals surface area contributed by atoms with Gasteiger partial charge in [0.25, 0.3) is 11.5 Å². The molecule has 0 saturated carbocycles. The van der Waals surface area contributed by atoms with Gasteiger partial charge in [0.1, 0.15) is 6.54 Å². The van der Waals surface area contributed by atoms with Gasteiger partial charge in [-0.05, 0) is 43.7 Å². The minimum atomic E-state index is -0.461. The Morgan fingerprint density at radius 3 is 2.70 bits per heavy atom. The van der Waals surface area contributed by atoms with Crippen molar-refractivity contribution in [1.82, 2.24) is 9.97 Å². The number of aromatic nitrogens is 2. The first-order chi connectivity index (χ1) is 14.4. The second-order valence-electron chi connectivity index (χ2n) is 7.06. The zero-order valence-electron chi connectivity index (χ0n) is 17.2. The number of amides is 1. The Balaban J connectivity index is 1.71. The smallest absolute Gasteiger partial charge is 0.337 e. The van der Waals surface area contributed by atoms with Crippen LogP contribution in [-0.4, -0.2) is 42.0 Å². The van der Waals surface area contributed by atoms with E-state index in [0.29, 0.717) is 41.1 Å². The van der Waals surface area contributed by atoms with Gasteiger partial charge in [-0.2, -0.15) is 0 Å². The summed E-state index contributed by atoms with van der Waals surface area (Å²) < 4.78 is 4.73. The Hall–Kier alpha value is -3.52. The van der Waals surface area contributed by atoms with Crippen molar-refractivity contribution >= 4 is 28.5 Å². The van der Waals surface area contributed by atoms with Gasteiger partial charge >= 0.3 is 5.97 Å². The number of ether oxygens (including phenoxy) is 1. The summed E-state index contributed by atoms with van der Waals surface area (Å²) in [6, 6.07) is 12.2. The Morgan fingerprint density at radius 2 is 1.97 bits per heavy atom. The van der Waals surface area contributed by atoms with Crippen molar-refractivity contribution in [2.24, 2.45) is 0 Å². The first-order valence-electron chi connectivity index (χ1n) is 9.71. The molecule has 3 rings (SSSR count). The third-order valence-corrected chi connectivity index (χ3v) is 4.92. The molecule has 0 fully saturated rings. The van der Waals surface area contributed by atoms with Crippen LogP contribution in [0.1, 0.15) is 28.7 Å². The van der Waals surface area contributed by atoms with E-state index >= 15 is 0 Å². The van der Waals surface area contributed by atoms with Crippen LogP contribution in [-0.2, 0) is 16.1 Å². The van der Waals surface area contributed by atoms with Crippen LogP contribution in [0.15, 0.2) is 47.3 Å². The largest absolute Gasteiger partial charge is 0.465 e. The predicted octanol–water partition coefficient (Wildman–Crippen LogP) is 1.06. The van der Waals surface area contributed by atoms with Crippen LogP contribution in [0.4, 0.5) is 5.69 Å². The highest BCUT2D eigenvalue weighted by Crippen LogP contribution is 2.17. The van der Waals surface area contributed by atoms with Crippen molar-refractivity contribution in [3.05, 3.63) is 69.8 Å². The van der Waals surface area contributed by atoms with E-state index in [0.717, 1.165) is 10.5 Å². The fourth-order valence-corrected chi connectivity index (χ4v) is 3.19. The van der Waals surface area contributed by atoms with E-state index in [1.807, 2.05) is 19.9 Å². The number of nitrogens with one attached hydrogen (secondary N) is 3. The number of rotatable bonds is 7. The molecule has 8 heteroatoms. The first kappa shape index (κ1) is 21.2. The van der Waals surface area contributed by atoms with E-state index in [2.05, 4.69) is 15.3 Å². The molecule has 8 nitrogen and oxygen atoms in total. The van der Waals surface area contributed by atoms with Crippen LogP contribution in [0.25, 0.3) is 10.9 Å². The average Bonchev–Trinajstić information content (AvgIpc) is 2.74. The van der Waals surface area contributed by atoms with E-state index in [1.165, 1.54) is 7.11 Å². The lowest BCUT2D eigenvalue weighted by atomic mass is 10.1. The molecular formula is C22H25N4O4+. The molecule has 1 atom stereocenters. The number of aryl methyl sites for hydroxylation is 1. The second-order valence-corrected chi connectivity index (χ2v) is 7.06. The van der Waals surface area contributed by atoms with Crippen LogP contribution in [0.3, 0.4) is 0 Å². The maximum Gasteiger partial charge on any atom is 0.337 e. The molecule has 2 aromatic carbocycles. The Labute approximate surface area is 173 Å². The molecule has 1 amide bonds. The number of aromatic amines is 1. The van der Waals surface area contributed by atoms with E-state index in [1.54, 1.807) is 36.4 Å². The number of hydrogen-bond acceptors (Lipinski definition) is 5. The summed E-state index contributed by atoms with van der Waals surface area (Å²) in [7, 11) is 1.31. The molecule has 0 radical (unpaired) electrons. The minimum Gasteiger partial charge on any atom is -0.465 e. The number of carbonyl (C=O) groups is 2. The van der Waals surface area contributed by atoms with Gasteiger partial charge in [-0.3, -0.25) is 9.59 Å². The summed E-state index contributed by atoms with van der Waals surface area (Å²) in [5.41, 5.74) is 2.22. The van der Waals surface area contributed by atoms with Gasteiger partial charge in [0.05, 0.1) is 30.1 Å². The molecule has 1 aromatic heterocycles. The fourth-order valence-electron chi connectivity index (χ4n) is 3.19. The molecule has 1 unspecified atom stereocenters. The van der Waals surface area contributed by atoms with E-state index in [4.69, 9.17) is 4.74 Å². The number of anilines is 1. The van der Waals surface area contributed by atoms with Crippen LogP contribution >= 0.6 is 0 Å². The number of para-hydroxylation sites is 1. The summed E-state index contributed by atoms with van der Waals surface area (Å²) in [5, 5.41) is 3.40. The number of methoxy groups -OCH3 is 1. The number of nitrogens with zero attached hydrogens (tertiary/aromatic N) is 1. The summed E-state index contributed by atoms with van der Waals surface area (Å²) >= 11 is 0. The molecule has 0 spiro atoms. The van der Waals surface area contributed by atoms with Gasteiger partial charge < -0.3 is 19.9 Å². The zero-order chi connectivity index (χ0) is 21.7. The highest BCUT2D eigenvalue weighted by molar-refractivity contribution is 5.95. The first-order valence-corrected chi connectivity index (χ1v) is 9.71. The van der Waals surface area contributed by atoms with Gasteiger partial charge in [-0.25, -0.2) is 9.78 Å². The number of hydrogen-bond donors (Lipinski definition) is 3. The van der Waals surface area contributed by atoms with Crippen molar-refractivity contribution in [1.29, 1.82) is 0 Å². The van der Waals surface area contributed by atoms with Crippen molar-refractivity contribution in [3.63, 3.8) is 0 Å². The highest BCUT2D eigenvalue weighted by Gasteiger charge is 2.17. The van der Waals surface area contributed by atoms with Crippen molar-refractivity contribution in [3.8, 4) is 0 Å². The quantitative estimate of drug-likeness (QED) is 0.506. The molecule has 0 aliphatic rings. The maximum absolute atomic E-state index is 12.6. The number of carbonyl (C=O) groups excluding carboxylic acids is 2. The summed E-state index contributed by atoms with van der Waals surface area (Å²) in [6.45, 7) is 5.08. The van der Waals surface area contributed by atoms with E-state index in [9.17, 15) is 14.4 Å². The molecule has 3 N–H and O–H groups in total. The fraction of sp³-hybridized carbons (Fsp3) is 0.273. The lowest BCUT2D eigenvalue weighted by Gasteiger charge is -2.17. The van der Waals surface area contributed by atoms with Crippen LogP contribution in [0, 0.1) is 6.92 Å². The van der Waals surface area contributed by atoms with Gasteiger partial charge in [0.2, 0.25) is 0 Å². The lowest BCUT2D eigenvalue weighted by Crippen LogP contribution is -3.11. The second kappa shape index (κ2) is 9.32. The third kappa shape index (κ3) is 4.90. The number of benzene rings is 2. The molecule has 0 aliphatic heterocycles. The number of H-pyrrole nitrogens is 1. The highest BCUT2D eigenvalue weighted by atomic mass is 16.5. The van der Waals surface area contributed by atoms with Crippen molar-refractivity contribution < 1.29 is 19.2 Å². The molecule has 3 aromatic rings. The standard InChI is InChI=1S/C22H24N4O4/c1-4-26(12-19-23-17-8-6-5-7-16(17)21(28)25-19)13-20(27)24-18-11-15(22(29)30-3)10-9-14(18)2/h5-11H,4,12-13H2,1-3H3,(H,24,27)(H,23,25,28)/p+1. The van der Waals surface area contributed by atoms with Gasteiger partial charge in [-0.1, -0.05) is 18.2 Å². The molecule has 156 valence electrons. The number of quaternary nitrogens is 1. The average molecular weight is 409 g/mol. The summed E-state index contributed by atoms with van der Waals surface area (Å²) in [5.74, 6) is -0.120. The topological polar surface area (TPSA) is 106 Å². The normalized spacial score (nSPS) is 11.8. The number of fused-ring (bicyclic) bond motifs is 1. The maximum atomic E-state index is 12.6. The SMILES string of the molecule is CC[NH+](CC(=O)Nc1cc(C(=O)OC)ccc1C)Cc1nc2ccccc2c(=O)[nH]1. The van der Waals surface area contributed by atoms with Crippen LogP contribution < -0.4 is 15.8 Å². The van der Waals surface area contributed by atoms with Crippen LogP contribution in [0.2, 0.25) is 0 Å². The number of likely N-dealkylation sites (N-methyl/N-ethyl adjacent to an activating group) is 1. The van der Waals surface area contributed by atoms with E-state index < -0.39 is 5.97 Å². The predicted molar refractivity (Wildman–Crippen MR) is 114 cm³/mol. The monoisotopic (exact) mass is 409 g/mol. The third-order valence-electron chi connectivity index (χ3n) is 4.92. The zero-order valence-corrected chi connectivity index (χ0v) is 17.2. The Kier molecular flexibility index (Phi) is 6.58. The van der Waals surface area contributed by atoms with Gasteiger partial charge in [0, 0.05) is 5.69 Å². The van der Waals surface area contributed by atoms with Crippen molar-refractivity contribution in [2.75, 3.05) is 25.5 Å². The van der Waals surface area contributed by atoms with E-state index in [-0.39, 0.29) is 18.0 Å². The Morgan fingerprint density at radius 1 is 1.20 bits per heavy atom. The minimum absolute atomic E-state index is 0.189. The molecule has 1 heterocycles. The molecule has 30 heavy (non-hydrogen) atoms. The van der Waals surface area contributed by atoms with Gasteiger partial charge in [0.15, 0.2) is 12.4 Å².